The standard InChI is InChI=1S/C31H23BrINO5/c1-2-4-15-5-3-6-19(28(15)36)25-18-11-12-20-26(21(18)13-22-27(25)24(35)14-23(32)29(22)37)31(39)34(30(20)38)17-9-7-16(33)8-10-17/h2-3,5-11,14,20-21,25-26,36H,1,4,12-13H2. The van der Waals surface area contributed by atoms with E-state index in [9.17, 15) is 24.3 Å². The lowest BCUT2D eigenvalue weighted by molar-refractivity contribution is -0.123. The molecule has 1 aliphatic heterocycles. The number of hydrogen-bond acceptors (Lipinski definition) is 5. The van der Waals surface area contributed by atoms with Crippen molar-refractivity contribution in [2.75, 3.05) is 4.90 Å². The molecule has 1 heterocycles. The molecule has 4 aliphatic rings. The molecule has 4 unspecified atom stereocenters. The number of anilines is 1. The monoisotopic (exact) mass is 695 g/mol. The highest BCUT2D eigenvalue weighted by atomic mass is 127. The van der Waals surface area contributed by atoms with Gasteiger partial charge in [-0.25, -0.2) is 0 Å². The van der Waals surface area contributed by atoms with Crippen molar-refractivity contribution in [3.05, 3.63) is 103 Å². The smallest absolute Gasteiger partial charge is 0.238 e. The van der Waals surface area contributed by atoms with Gasteiger partial charge in [-0.1, -0.05) is 35.9 Å². The van der Waals surface area contributed by atoms with Gasteiger partial charge in [-0.05, 0) is 93.5 Å². The summed E-state index contributed by atoms with van der Waals surface area (Å²) in [5, 5.41) is 11.3. The number of rotatable bonds is 4. The number of ketones is 2. The van der Waals surface area contributed by atoms with Gasteiger partial charge < -0.3 is 5.11 Å². The second-order valence-electron chi connectivity index (χ2n) is 10.2. The van der Waals surface area contributed by atoms with E-state index in [1.54, 1.807) is 30.3 Å². The van der Waals surface area contributed by atoms with Crippen molar-refractivity contribution in [2.24, 2.45) is 17.8 Å². The van der Waals surface area contributed by atoms with E-state index in [1.807, 2.05) is 24.3 Å². The van der Waals surface area contributed by atoms with Gasteiger partial charge in [0.2, 0.25) is 11.8 Å². The van der Waals surface area contributed by atoms with Crippen LogP contribution in [0.25, 0.3) is 0 Å². The van der Waals surface area contributed by atoms with Gasteiger partial charge >= 0.3 is 0 Å². The topological polar surface area (TPSA) is 91.8 Å². The summed E-state index contributed by atoms with van der Waals surface area (Å²) >= 11 is 5.41. The number of phenols is 1. The Morgan fingerprint density at radius 3 is 2.51 bits per heavy atom. The van der Waals surface area contributed by atoms with Crippen molar-refractivity contribution in [3.63, 3.8) is 0 Å². The lowest BCUT2D eigenvalue weighted by atomic mass is 9.59. The zero-order chi connectivity index (χ0) is 27.6. The van der Waals surface area contributed by atoms with E-state index >= 15 is 0 Å². The number of carbonyl (C=O) groups excluding carboxylic acids is 4. The number of imide groups is 1. The minimum atomic E-state index is -0.701. The van der Waals surface area contributed by atoms with Gasteiger partial charge in [-0.2, -0.15) is 0 Å². The first-order valence-corrected chi connectivity index (χ1v) is 14.5. The molecule has 0 aromatic heterocycles. The summed E-state index contributed by atoms with van der Waals surface area (Å²) in [5.41, 5.74) is 3.17. The summed E-state index contributed by atoms with van der Waals surface area (Å²) in [4.78, 5) is 55.6. The SMILES string of the molecule is C=CCc1cccc(C2C3=CCC4C(=O)N(c5ccc(I)cc5)C(=O)C4C3CC3=C2C(=O)C=C(Br)C3=O)c1O. The number of para-hydroxylation sites is 1. The van der Waals surface area contributed by atoms with Crippen LogP contribution in [0, 0.1) is 21.3 Å². The Kier molecular flexibility index (Phi) is 6.58. The van der Waals surface area contributed by atoms with E-state index in [2.05, 4.69) is 45.1 Å². The molecule has 6 rings (SSSR count). The molecule has 3 aliphatic carbocycles. The Hall–Kier alpha value is -3.11. The fraction of sp³-hybridized carbons (Fsp3) is 0.226. The molecule has 2 aromatic rings. The molecule has 1 fully saturated rings. The van der Waals surface area contributed by atoms with Gasteiger partial charge in [0, 0.05) is 32.3 Å². The number of hydrogen-bond donors (Lipinski definition) is 1. The van der Waals surface area contributed by atoms with Crippen molar-refractivity contribution in [1.82, 2.24) is 0 Å². The zero-order valence-electron chi connectivity index (χ0n) is 20.7. The predicted molar refractivity (Wildman–Crippen MR) is 158 cm³/mol. The number of fused-ring (bicyclic) bond motifs is 3. The van der Waals surface area contributed by atoms with Crippen LogP contribution >= 0.6 is 38.5 Å². The largest absolute Gasteiger partial charge is 0.507 e. The van der Waals surface area contributed by atoms with Gasteiger partial charge in [-0.15, -0.1) is 6.58 Å². The maximum absolute atomic E-state index is 13.9. The van der Waals surface area contributed by atoms with Crippen LogP contribution in [-0.2, 0) is 25.6 Å². The second kappa shape index (κ2) is 9.82. The molecule has 196 valence electrons. The van der Waals surface area contributed by atoms with Crippen LogP contribution in [0.4, 0.5) is 5.69 Å². The first-order valence-electron chi connectivity index (χ1n) is 12.7. The third-order valence-electron chi connectivity index (χ3n) is 8.24. The van der Waals surface area contributed by atoms with Crippen LogP contribution in [-0.4, -0.2) is 28.5 Å². The minimum absolute atomic E-state index is 0.0427. The quantitative estimate of drug-likeness (QED) is 0.192. The molecule has 0 saturated carbocycles. The summed E-state index contributed by atoms with van der Waals surface area (Å²) < 4.78 is 1.16. The van der Waals surface area contributed by atoms with E-state index in [0.717, 1.165) is 9.14 Å². The van der Waals surface area contributed by atoms with Crippen LogP contribution in [0.3, 0.4) is 0 Å². The minimum Gasteiger partial charge on any atom is -0.507 e. The van der Waals surface area contributed by atoms with Crippen molar-refractivity contribution in [3.8, 4) is 5.75 Å². The molecule has 8 heteroatoms. The normalized spacial score (nSPS) is 26.2. The number of carbonyl (C=O) groups is 4. The lowest BCUT2D eigenvalue weighted by Crippen LogP contribution is -2.39. The van der Waals surface area contributed by atoms with Crippen LogP contribution in [0.5, 0.6) is 5.75 Å². The highest BCUT2D eigenvalue weighted by molar-refractivity contribution is 14.1. The number of benzene rings is 2. The third-order valence-corrected chi connectivity index (χ3v) is 9.55. The Bertz CT molecular complexity index is 1580. The molecule has 0 spiro atoms. The fourth-order valence-electron chi connectivity index (χ4n) is 6.57. The van der Waals surface area contributed by atoms with Crippen molar-refractivity contribution >= 4 is 67.6 Å². The summed E-state index contributed by atoms with van der Waals surface area (Å²) in [7, 11) is 0. The summed E-state index contributed by atoms with van der Waals surface area (Å²) in [6.07, 6.45) is 5.88. The summed E-state index contributed by atoms with van der Waals surface area (Å²) in [5.74, 6) is -3.49. The molecular weight excluding hydrogens is 673 g/mol. The van der Waals surface area contributed by atoms with Crippen LogP contribution in [0.1, 0.15) is 29.9 Å². The van der Waals surface area contributed by atoms with E-state index in [0.29, 0.717) is 40.8 Å². The van der Waals surface area contributed by atoms with Crippen LogP contribution in [0.2, 0.25) is 0 Å². The maximum Gasteiger partial charge on any atom is 0.238 e. The van der Waals surface area contributed by atoms with E-state index in [1.165, 1.54) is 11.0 Å². The van der Waals surface area contributed by atoms with Gasteiger partial charge in [-0.3, -0.25) is 24.1 Å². The molecule has 2 amide bonds. The first-order chi connectivity index (χ1) is 18.7. The second-order valence-corrected chi connectivity index (χ2v) is 12.3. The Morgan fingerprint density at radius 2 is 1.79 bits per heavy atom. The molecule has 4 atom stereocenters. The maximum atomic E-state index is 13.9. The molecular formula is C31H23BrINO5. The first kappa shape index (κ1) is 26.1. The molecule has 0 bridgehead atoms. The Balaban J connectivity index is 1.50. The van der Waals surface area contributed by atoms with Gasteiger partial charge in [0.15, 0.2) is 11.6 Å². The summed E-state index contributed by atoms with van der Waals surface area (Å²) in [6, 6.07) is 12.6. The average molecular weight is 696 g/mol. The van der Waals surface area contributed by atoms with Gasteiger partial charge in [0.25, 0.3) is 0 Å². The molecule has 1 N–H and O–H groups in total. The number of halogens is 2. The molecule has 39 heavy (non-hydrogen) atoms. The third kappa shape index (κ3) is 4.02. The molecule has 0 radical (unpaired) electrons. The number of allylic oxidation sites excluding steroid dienone is 7. The average Bonchev–Trinajstić information content (AvgIpc) is 3.18. The number of aromatic hydroxyl groups is 1. The highest BCUT2D eigenvalue weighted by Gasteiger charge is 2.56. The zero-order valence-corrected chi connectivity index (χ0v) is 24.4. The number of nitrogens with zero attached hydrogens (tertiary/aromatic N) is 1. The number of phenolic OH excluding ortho intramolecular Hbond substituents is 1. The van der Waals surface area contributed by atoms with E-state index in [-0.39, 0.29) is 40.0 Å². The predicted octanol–water partition coefficient (Wildman–Crippen LogP) is 5.69. The van der Waals surface area contributed by atoms with Crippen molar-refractivity contribution in [2.45, 2.75) is 25.2 Å². The number of amides is 2. The number of Topliss-reactive ketones (excluding diaryl/α,β-unsaturated/α-hetero) is 1. The molecule has 6 nitrogen and oxygen atoms in total. The Labute approximate surface area is 247 Å². The van der Waals surface area contributed by atoms with Gasteiger partial charge in [0.05, 0.1) is 22.0 Å². The van der Waals surface area contributed by atoms with Crippen molar-refractivity contribution < 1.29 is 24.3 Å². The van der Waals surface area contributed by atoms with Crippen LogP contribution in [0.15, 0.2) is 88.5 Å². The Morgan fingerprint density at radius 1 is 1.05 bits per heavy atom. The summed E-state index contributed by atoms with van der Waals surface area (Å²) in [6.45, 7) is 3.77. The van der Waals surface area contributed by atoms with E-state index in [4.69, 9.17) is 0 Å². The lowest BCUT2D eigenvalue weighted by Gasteiger charge is -2.42. The van der Waals surface area contributed by atoms with Crippen molar-refractivity contribution in [1.29, 1.82) is 0 Å². The fourth-order valence-corrected chi connectivity index (χ4v) is 7.38. The molecule has 2 aromatic carbocycles. The van der Waals surface area contributed by atoms with Gasteiger partial charge in [0.1, 0.15) is 5.75 Å². The van der Waals surface area contributed by atoms with E-state index < -0.39 is 23.7 Å². The highest BCUT2D eigenvalue weighted by Crippen LogP contribution is 2.56. The molecule has 1 saturated heterocycles. The van der Waals surface area contributed by atoms with Crippen LogP contribution < -0.4 is 4.90 Å².